The molecular formula is C13H21NO3S. The predicted octanol–water partition coefficient (Wildman–Crippen LogP) is 1.86. The van der Waals surface area contributed by atoms with Crippen LogP contribution >= 0.6 is 0 Å². The molecule has 0 saturated heterocycles. The third kappa shape index (κ3) is 4.66. The van der Waals surface area contributed by atoms with E-state index in [4.69, 9.17) is 4.74 Å². The third-order valence-electron chi connectivity index (χ3n) is 2.54. The van der Waals surface area contributed by atoms with Gasteiger partial charge in [-0.05, 0) is 31.2 Å². The Labute approximate surface area is 109 Å². The summed E-state index contributed by atoms with van der Waals surface area (Å²) < 4.78 is 29.2. The Hall–Kier alpha value is -1.07. The van der Waals surface area contributed by atoms with Gasteiger partial charge in [0.15, 0.2) is 9.84 Å². The van der Waals surface area contributed by atoms with Crippen LogP contribution < -0.4 is 10.1 Å². The molecule has 1 N–H and O–H groups in total. The maximum Gasteiger partial charge on any atom is 0.178 e. The number of hydrogen-bond donors (Lipinski definition) is 1. The third-order valence-corrected chi connectivity index (χ3v) is 4.34. The van der Waals surface area contributed by atoms with Gasteiger partial charge < -0.3 is 10.1 Å². The summed E-state index contributed by atoms with van der Waals surface area (Å²) in [7, 11) is -1.68. The normalized spacial score (nSPS) is 11.8. The fourth-order valence-electron chi connectivity index (χ4n) is 1.57. The molecule has 1 aromatic rings. The van der Waals surface area contributed by atoms with E-state index in [9.17, 15) is 8.42 Å². The largest absolute Gasteiger partial charge is 0.497 e. The van der Waals surface area contributed by atoms with Crippen LogP contribution in [0.25, 0.3) is 0 Å². The van der Waals surface area contributed by atoms with Crippen LogP contribution in [0, 0.1) is 0 Å². The molecule has 0 aliphatic carbocycles. The lowest BCUT2D eigenvalue weighted by molar-refractivity contribution is 0.413. The van der Waals surface area contributed by atoms with Crippen LogP contribution in [0.3, 0.4) is 0 Å². The smallest absolute Gasteiger partial charge is 0.178 e. The monoisotopic (exact) mass is 271 g/mol. The van der Waals surface area contributed by atoms with Crippen LogP contribution in [-0.2, 0) is 9.84 Å². The van der Waals surface area contributed by atoms with E-state index < -0.39 is 9.84 Å². The molecule has 0 amide bonds. The molecule has 0 heterocycles. The molecule has 0 saturated carbocycles. The van der Waals surface area contributed by atoms with Crippen molar-refractivity contribution in [2.45, 2.75) is 31.2 Å². The minimum atomic E-state index is -3.21. The molecule has 4 nitrogen and oxygen atoms in total. The van der Waals surface area contributed by atoms with Crippen LogP contribution in [-0.4, -0.2) is 33.9 Å². The van der Waals surface area contributed by atoms with Gasteiger partial charge in [-0.3, -0.25) is 0 Å². The molecular weight excluding hydrogens is 250 g/mol. The summed E-state index contributed by atoms with van der Waals surface area (Å²) in [5.74, 6) is 0.719. The number of hydrogen-bond acceptors (Lipinski definition) is 4. The van der Waals surface area contributed by atoms with E-state index in [2.05, 4.69) is 5.32 Å². The molecule has 0 spiro atoms. The number of rotatable bonds is 7. The topological polar surface area (TPSA) is 55.4 Å². The summed E-state index contributed by atoms with van der Waals surface area (Å²) in [6, 6.07) is 6.97. The molecule has 0 unspecified atom stereocenters. The molecule has 0 aliphatic rings. The number of benzene rings is 1. The lowest BCUT2D eigenvalue weighted by Gasteiger charge is -2.09. The lowest BCUT2D eigenvalue weighted by atomic mass is 10.3. The summed E-state index contributed by atoms with van der Waals surface area (Å²) in [4.78, 5) is 0.325. The molecule has 0 atom stereocenters. The van der Waals surface area contributed by atoms with Crippen LogP contribution in [0.15, 0.2) is 29.2 Å². The van der Waals surface area contributed by atoms with Crippen molar-refractivity contribution in [3.05, 3.63) is 24.3 Å². The summed E-state index contributed by atoms with van der Waals surface area (Å²) >= 11 is 0. The second-order valence-corrected chi connectivity index (χ2v) is 6.57. The van der Waals surface area contributed by atoms with E-state index in [1.54, 1.807) is 24.3 Å². The van der Waals surface area contributed by atoms with Crippen molar-refractivity contribution in [1.29, 1.82) is 0 Å². The van der Waals surface area contributed by atoms with Gasteiger partial charge in [0.2, 0.25) is 0 Å². The summed E-state index contributed by atoms with van der Waals surface area (Å²) in [5, 5.41) is 3.20. The second-order valence-electron chi connectivity index (χ2n) is 4.46. The van der Waals surface area contributed by atoms with E-state index in [-0.39, 0.29) is 5.75 Å². The van der Waals surface area contributed by atoms with Crippen LogP contribution in [0.4, 0.5) is 0 Å². The van der Waals surface area contributed by atoms with Gasteiger partial charge in [-0.15, -0.1) is 0 Å². The average Bonchev–Trinajstić information content (AvgIpc) is 2.34. The van der Waals surface area contributed by atoms with E-state index >= 15 is 0 Å². The first kappa shape index (κ1) is 15.0. The molecule has 0 fully saturated rings. The molecule has 1 aromatic carbocycles. The Kier molecular flexibility index (Phi) is 5.62. The van der Waals surface area contributed by atoms with Gasteiger partial charge in [0.1, 0.15) is 5.75 Å². The Morgan fingerprint density at radius 2 is 2.06 bits per heavy atom. The zero-order valence-electron chi connectivity index (χ0n) is 11.1. The maximum atomic E-state index is 12.1. The SMILES string of the molecule is COc1cccc(S(=O)(=O)CCCNC(C)C)c1. The predicted molar refractivity (Wildman–Crippen MR) is 72.8 cm³/mol. The standard InChI is InChI=1S/C13H21NO3S/c1-11(2)14-8-5-9-18(15,16)13-7-4-6-12(10-13)17-3/h4,6-7,10-11,14H,5,8-9H2,1-3H3. The van der Waals surface area contributed by atoms with Crippen molar-refractivity contribution >= 4 is 9.84 Å². The molecule has 0 aromatic heterocycles. The Bertz CT molecular complexity index is 469. The van der Waals surface area contributed by atoms with Crippen molar-refractivity contribution in [2.24, 2.45) is 0 Å². The van der Waals surface area contributed by atoms with Gasteiger partial charge in [0.25, 0.3) is 0 Å². The highest BCUT2D eigenvalue weighted by Gasteiger charge is 2.14. The fraction of sp³-hybridized carbons (Fsp3) is 0.538. The van der Waals surface area contributed by atoms with Crippen molar-refractivity contribution in [1.82, 2.24) is 5.32 Å². The number of ether oxygens (including phenoxy) is 1. The van der Waals surface area contributed by atoms with E-state index in [0.717, 1.165) is 0 Å². The van der Waals surface area contributed by atoms with Crippen LogP contribution in [0.1, 0.15) is 20.3 Å². The highest BCUT2D eigenvalue weighted by molar-refractivity contribution is 7.91. The molecule has 5 heteroatoms. The molecule has 0 aliphatic heterocycles. The number of nitrogens with one attached hydrogen (secondary N) is 1. The van der Waals surface area contributed by atoms with Gasteiger partial charge >= 0.3 is 0 Å². The highest BCUT2D eigenvalue weighted by atomic mass is 32.2. The molecule has 18 heavy (non-hydrogen) atoms. The Balaban J connectivity index is 2.62. The summed E-state index contributed by atoms with van der Waals surface area (Å²) in [6.07, 6.45) is 0.609. The zero-order valence-corrected chi connectivity index (χ0v) is 12.0. The Morgan fingerprint density at radius 1 is 1.33 bits per heavy atom. The van der Waals surface area contributed by atoms with Gasteiger partial charge in [0, 0.05) is 6.04 Å². The average molecular weight is 271 g/mol. The number of sulfone groups is 1. The molecule has 0 bridgehead atoms. The minimum absolute atomic E-state index is 0.153. The van der Waals surface area contributed by atoms with Crippen LogP contribution in [0.5, 0.6) is 5.75 Å². The lowest BCUT2D eigenvalue weighted by Crippen LogP contribution is -2.25. The Morgan fingerprint density at radius 3 is 2.67 bits per heavy atom. The molecule has 1 rings (SSSR count). The van der Waals surface area contributed by atoms with Crippen molar-refractivity contribution in [3.8, 4) is 5.75 Å². The van der Waals surface area contributed by atoms with Gasteiger partial charge in [-0.1, -0.05) is 19.9 Å². The molecule has 102 valence electrons. The van der Waals surface area contributed by atoms with Gasteiger partial charge in [-0.2, -0.15) is 0 Å². The fourth-order valence-corrected chi connectivity index (χ4v) is 2.91. The first-order valence-corrected chi connectivity index (χ1v) is 7.71. The maximum absolute atomic E-state index is 12.1. The first-order chi connectivity index (χ1) is 8.45. The minimum Gasteiger partial charge on any atom is -0.497 e. The van der Waals surface area contributed by atoms with E-state index in [0.29, 0.717) is 29.7 Å². The van der Waals surface area contributed by atoms with Crippen molar-refractivity contribution in [2.75, 3.05) is 19.4 Å². The number of methoxy groups -OCH3 is 1. The van der Waals surface area contributed by atoms with Crippen molar-refractivity contribution < 1.29 is 13.2 Å². The van der Waals surface area contributed by atoms with Crippen molar-refractivity contribution in [3.63, 3.8) is 0 Å². The summed E-state index contributed by atoms with van der Waals surface area (Å²) in [5.41, 5.74) is 0. The quantitative estimate of drug-likeness (QED) is 0.769. The van der Waals surface area contributed by atoms with Gasteiger partial charge in [-0.25, -0.2) is 8.42 Å². The van der Waals surface area contributed by atoms with E-state index in [1.807, 2.05) is 13.8 Å². The molecule has 0 radical (unpaired) electrons. The van der Waals surface area contributed by atoms with Gasteiger partial charge in [0.05, 0.1) is 17.8 Å². The first-order valence-electron chi connectivity index (χ1n) is 6.06. The van der Waals surface area contributed by atoms with E-state index in [1.165, 1.54) is 7.11 Å². The highest BCUT2D eigenvalue weighted by Crippen LogP contribution is 2.18. The second kappa shape index (κ2) is 6.75. The zero-order chi connectivity index (χ0) is 13.6. The summed E-state index contributed by atoms with van der Waals surface area (Å²) in [6.45, 7) is 4.79. The van der Waals surface area contributed by atoms with Crippen LogP contribution in [0.2, 0.25) is 0 Å².